The van der Waals surface area contributed by atoms with Crippen molar-refractivity contribution in [2.45, 2.75) is 44.6 Å². The third kappa shape index (κ3) is 1.68. The fourth-order valence-electron chi connectivity index (χ4n) is 2.02. The second-order valence-corrected chi connectivity index (χ2v) is 4.20. The standard InChI is InChI=1S/C11H18O2/c1-3-10(2,9-12)11(13)7-5-4-6-8-11/h3,9,13H,1,4-8H2,2H3. The molecule has 0 spiro atoms. The van der Waals surface area contributed by atoms with Crippen LogP contribution in [-0.2, 0) is 4.79 Å². The Morgan fingerprint density at radius 2 is 1.92 bits per heavy atom. The number of rotatable bonds is 3. The summed E-state index contributed by atoms with van der Waals surface area (Å²) in [5.74, 6) is 0. The number of aldehydes is 1. The third-order valence-corrected chi connectivity index (χ3v) is 3.35. The molecule has 1 aliphatic carbocycles. The van der Waals surface area contributed by atoms with Crippen molar-refractivity contribution in [3.05, 3.63) is 12.7 Å². The van der Waals surface area contributed by atoms with Crippen molar-refractivity contribution >= 4 is 6.29 Å². The van der Waals surface area contributed by atoms with Crippen LogP contribution in [0, 0.1) is 5.41 Å². The van der Waals surface area contributed by atoms with Gasteiger partial charge in [0, 0.05) is 0 Å². The first-order valence-corrected chi connectivity index (χ1v) is 4.90. The van der Waals surface area contributed by atoms with Crippen LogP contribution in [0.15, 0.2) is 12.7 Å². The van der Waals surface area contributed by atoms with Crippen LogP contribution in [0.4, 0.5) is 0 Å². The van der Waals surface area contributed by atoms with E-state index < -0.39 is 11.0 Å². The molecule has 0 aromatic rings. The van der Waals surface area contributed by atoms with Crippen molar-refractivity contribution < 1.29 is 9.90 Å². The highest BCUT2D eigenvalue weighted by atomic mass is 16.3. The SMILES string of the molecule is C=CC(C)(C=O)C1(O)CCCCC1. The fourth-order valence-corrected chi connectivity index (χ4v) is 2.02. The zero-order valence-corrected chi connectivity index (χ0v) is 8.25. The lowest BCUT2D eigenvalue weighted by atomic mass is 9.67. The quantitative estimate of drug-likeness (QED) is 0.536. The summed E-state index contributed by atoms with van der Waals surface area (Å²) < 4.78 is 0. The molecule has 0 heterocycles. The summed E-state index contributed by atoms with van der Waals surface area (Å²) in [7, 11) is 0. The van der Waals surface area contributed by atoms with E-state index >= 15 is 0 Å². The highest BCUT2D eigenvalue weighted by Gasteiger charge is 2.45. The van der Waals surface area contributed by atoms with Crippen LogP contribution in [0.3, 0.4) is 0 Å². The van der Waals surface area contributed by atoms with Gasteiger partial charge in [0.25, 0.3) is 0 Å². The van der Waals surface area contributed by atoms with Gasteiger partial charge in [-0.15, -0.1) is 6.58 Å². The van der Waals surface area contributed by atoms with Gasteiger partial charge in [-0.25, -0.2) is 0 Å². The number of carbonyl (C=O) groups is 1. The Morgan fingerprint density at radius 1 is 1.38 bits per heavy atom. The van der Waals surface area contributed by atoms with Gasteiger partial charge in [-0.3, -0.25) is 0 Å². The Kier molecular flexibility index (Phi) is 2.91. The van der Waals surface area contributed by atoms with E-state index in [1.54, 1.807) is 13.0 Å². The predicted molar refractivity (Wildman–Crippen MR) is 52.4 cm³/mol. The topological polar surface area (TPSA) is 37.3 Å². The molecule has 1 saturated carbocycles. The van der Waals surface area contributed by atoms with Gasteiger partial charge < -0.3 is 9.90 Å². The van der Waals surface area contributed by atoms with Crippen LogP contribution >= 0.6 is 0 Å². The summed E-state index contributed by atoms with van der Waals surface area (Å²) in [5.41, 5.74) is -1.62. The Hall–Kier alpha value is -0.630. The Morgan fingerprint density at radius 3 is 2.31 bits per heavy atom. The van der Waals surface area contributed by atoms with E-state index in [-0.39, 0.29) is 0 Å². The summed E-state index contributed by atoms with van der Waals surface area (Å²) in [5, 5.41) is 10.3. The first-order valence-electron chi connectivity index (χ1n) is 4.90. The smallest absolute Gasteiger partial charge is 0.132 e. The lowest BCUT2D eigenvalue weighted by Gasteiger charge is -2.42. The number of hydrogen-bond donors (Lipinski definition) is 1. The van der Waals surface area contributed by atoms with E-state index in [1.807, 2.05) is 0 Å². The maximum Gasteiger partial charge on any atom is 0.132 e. The first-order chi connectivity index (χ1) is 6.08. The van der Waals surface area contributed by atoms with E-state index in [0.717, 1.165) is 25.5 Å². The van der Waals surface area contributed by atoms with Gasteiger partial charge in [0.15, 0.2) is 0 Å². The zero-order valence-electron chi connectivity index (χ0n) is 8.25. The molecule has 1 atom stereocenters. The average molecular weight is 182 g/mol. The Bertz CT molecular complexity index is 194. The number of carbonyl (C=O) groups excluding carboxylic acids is 1. The molecule has 1 unspecified atom stereocenters. The summed E-state index contributed by atoms with van der Waals surface area (Å²) in [4.78, 5) is 10.9. The maximum atomic E-state index is 10.9. The minimum Gasteiger partial charge on any atom is -0.389 e. The molecular formula is C11H18O2. The van der Waals surface area contributed by atoms with E-state index in [0.29, 0.717) is 12.8 Å². The third-order valence-electron chi connectivity index (χ3n) is 3.35. The van der Waals surface area contributed by atoms with E-state index in [9.17, 15) is 9.90 Å². The molecule has 0 aromatic heterocycles. The van der Waals surface area contributed by atoms with Crippen molar-refractivity contribution in [3.63, 3.8) is 0 Å². The fraction of sp³-hybridized carbons (Fsp3) is 0.727. The summed E-state index contributed by atoms with van der Waals surface area (Å²) in [6.07, 6.45) is 7.01. The number of aliphatic hydroxyl groups is 1. The Balaban J connectivity index is 2.86. The van der Waals surface area contributed by atoms with Crippen LogP contribution < -0.4 is 0 Å². The molecule has 1 aliphatic rings. The van der Waals surface area contributed by atoms with Gasteiger partial charge >= 0.3 is 0 Å². The van der Waals surface area contributed by atoms with Crippen LogP contribution in [0.25, 0.3) is 0 Å². The normalized spacial score (nSPS) is 26.0. The molecule has 1 rings (SSSR count). The highest BCUT2D eigenvalue weighted by molar-refractivity contribution is 5.64. The van der Waals surface area contributed by atoms with Gasteiger partial charge in [0.05, 0.1) is 11.0 Å². The molecule has 0 saturated heterocycles. The van der Waals surface area contributed by atoms with Gasteiger partial charge in [0.2, 0.25) is 0 Å². The van der Waals surface area contributed by atoms with Gasteiger partial charge in [-0.1, -0.05) is 25.3 Å². The molecule has 2 heteroatoms. The molecule has 74 valence electrons. The molecule has 1 fully saturated rings. The summed E-state index contributed by atoms with van der Waals surface area (Å²) in [6, 6.07) is 0. The van der Waals surface area contributed by atoms with Gasteiger partial charge in [0.1, 0.15) is 6.29 Å². The molecule has 2 nitrogen and oxygen atoms in total. The lowest BCUT2D eigenvalue weighted by molar-refractivity contribution is -0.131. The highest BCUT2D eigenvalue weighted by Crippen LogP contribution is 2.41. The van der Waals surface area contributed by atoms with Crippen molar-refractivity contribution in [1.82, 2.24) is 0 Å². The van der Waals surface area contributed by atoms with Crippen molar-refractivity contribution in [3.8, 4) is 0 Å². The molecule has 13 heavy (non-hydrogen) atoms. The second kappa shape index (κ2) is 3.62. The average Bonchev–Trinajstić information content (AvgIpc) is 2.17. The molecule has 0 radical (unpaired) electrons. The largest absolute Gasteiger partial charge is 0.389 e. The maximum absolute atomic E-state index is 10.9. The second-order valence-electron chi connectivity index (χ2n) is 4.20. The molecular weight excluding hydrogens is 164 g/mol. The summed E-state index contributed by atoms with van der Waals surface area (Å²) in [6.45, 7) is 5.39. The van der Waals surface area contributed by atoms with Crippen LogP contribution in [0.1, 0.15) is 39.0 Å². The molecule has 0 bridgehead atoms. The Labute approximate surface area is 79.6 Å². The zero-order chi connectivity index (χ0) is 9.95. The molecule has 0 aromatic carbocycles. The molecule has 0 amide bonds. The van der Waals surface area contributed by atoms with Gasteiger partial charge in [-0.2, -0.15) is 0 Å². The molecule has 0 aliphatic heterocycles. The number of hydrogen-bond acceptors (Lipinski definition) is 2. The van der Waals surface area contributed by atoms with Crippen molar-refractivity contribution in [2.75, 3.05) is 0 Å². The molecule has 1 N–H and O–H groups in total. The van der Waals surface area contributed by atoms with Crippen molar-refractivity contribution in [1.29, 1.82) is 0 Å². The lowest BCUT2D eigenvalue weighted by Crippen LogP contribution is -2.47. The van der Waals surface area contributed by atoms with Gasteiger partial charge in [-0.05, 0) is 19.8 Å². The monoisotopic (exact) mass is 182 g/mol. The van der Waals surface area contributed by atoms with Crippen LogP contribution in [-0.4, -0.2) is 17.0 Å². The minimum atomic E-state index is -0.852. The van der Waals surface area contributed by atoms with E-state index in [1.165, 1.54) is 0 Å². The minimum absolute atomic E-state index is 0.717. The first kappa shape index (κ1) is 10.5. The predicted octanol–water partition coefficient (Wildman–Crippen LogP) is 2.07. The van der Waals surface area contributed by atoms with E-state index in [4.69, 9.17) is 0 Å². The van der Waals surface area contributed by atoms with E-state index in [2.05, 4.69) is 6.58 Å². The van der Waals surface area contributed by atoms with Crippen LogP contribution in [0.2, 0.25) is 0 Å². The van der Waals surface area contributed by atoms with Crippen LogP contribution in [0.5, 0.6) is 0 Å². The summed E-state index contributed by atoms with van der Waals surface area (Å²) >= 11 is 0. The van der Waals surface area contributed by atoms with Crippen molar-refractivity contribution in [2.24, 2.45) is 5.41 Å².